The number of benzene rings is 1. The van der Waals surface area contributed by atoms with Crippen molar-refractivity contribution < 1.29 is 14.6 Å². The molecular formula is C16H18N2O3. The number of ether oxygens (including phenoxy) is 1. The fraction of sp³-hybridized carbons (Fsp3) is 0.375. The minimum atomic E-state index is -1.00. The molecule has 0 saturated heterocycles. The highest BCUT2D eigenvalue weighted by molar-refractivity contribution is 5.88. The molecule has 1 heterocycles. The van der Waals surface area contributed by atoms with E-state index in [1.165, 1.54) is 10.9 Å². The molecule has 5 heteroatoms. The van der Waals surface area contributed by atoms with Crippen LogP contribution in [0.5, 0.6) is 5.75 Å². The molecule has 1 N–H and O–H groups in total. The summed E-state index contributed by atoms with van der Waals surface area (Å²) in [6.45, 7) is 0.427. The average molecular weight is 286 g/mol. The van der Waals surface area contributed by atoms with Gasteiger partial charge in [-0.25, -0.2) is 4.79 Å². The van der Waals surface area contributed by atoms with Crippen molar-refractivity contribution in [3.05, 3.63) is 47.8 Å². The zero-order valence-corrected chi connectivity index (χ0v) is 11.7. The van der Waals surface area contributed by atoms with Crippen molar-refractivity contribution in [2.75, 3.05) is 0 Å². The largest absolute Gasteiger partial charge is 0.486 e. The molecular weight excluding hydrogens is 268 g/mol. The first kappa shape index (κ1) is 13.7. The van der Waals surface area contributed by atoms with Crippen LogP contribution in [0.1, 0.15) is 41.7 Å². The Morgan fingerprint density at radius 3 is 2.67 bits per heavy atom. The average Bonchev–Trinajstić information content (AvgIpc) is 3.11. The maximum atomic E-state index is 11.5. The summed E-state index contributed by atoms with van der Waals surface area (Å²) in [6.07, 6.45) is 5.91. The summed E-state index contributed by atoms with van der Waals surface area (Å²) in [4.78, 5) is 11.5. The summed E-state index contributed by atoms with van der Waals surface area (Å²) < 4.78 is 7.31. The first-order valence-corrected chi connectivity index (χ1v) is 7.23. The Morgan fingerprint density at radius 1 is 1.29 bits per heavy atom. The van der Waals surface area contributed by atoms with Crippen LogP contribution in [0, 0.1) is 0 Å². The van der Waals surface area contributed by atoms with E-state index in [4.69, 9.17) is 4.74 Å². The van der Waals surface area contributed by atoms with Gasteiger partial charge in [0.1, 0.15) is 0 Å². The lowest BCUT2D eigenvalue weighted by atomic mass is 10.2. The molecule has 2 aromatic rings. The topological polar surface area (TPSA) is 64.3 Å². The predicted molar refractivity (Wildman–Crippen MR) is 77.6 cm³/mol. The van der Waals surface area contributed by atoms with E-state index in [1.54, 1.807) is 0 Å². The van der Waals surface area contributed by atoms with E-state index in [1.807, 2.05) is 30.3 Å². The number of aromatic carboxylic acids is 1. The van der Waals surface area contributed by atoms with Gasteiger partial charge in [0.05, 0.1) is 18.8 Å². The normalized spacial score (nSPS) is 15.2. The Balaban J connectivity index is 1.83. The first-order chi connectivity index (χ1) is 10.2. The highest BCUT2D eigenvalue weighted by Crippen LogP contribution is 2.27. The molecule has 1 aromatic heterocycles. The van der Waals surface area contributed by atoms with Crippen LogP contribution < -0.4 is 4.74 Å². The van der Waals surface area contributed by atoms with E-state index in [9.17, 15) is 9.90 Å². The molecule has 0 bridgehead atoms. The van der Waals surface area contributed by atoms with E-state index in [-0.39, 0.29) is 11.8 Å². The Bertz CT molecular complexity index is 616. The second kappa shape index (κ2) is 5.99. The minimum Gasteiger partial charge on any atom is -0.486 e. The van der Waals surface area contributed by atoms with E-state index in [2.05, 4.69) is 5.10 Å². The van der Waals surface area contributed by atoms with Crippen molar-refractivity contribution in [1.29, 1.82) is 0 Å². The summed E-state index contributed by atoms with van der Waals surface area (Å²) in [7, 11) is 0. The van der Waals surface area contributed by atoms with Gasteiger partial charge in [0.2, 0.25) is 0 Å². The van der Waals surface area contributed by atoms with Gasteiger partial charge in [0.15, 0.2) is 11.4 Å². The smallest absolute Gasteiger partial charge is 0.358 e. The summed E-state index contributed by atoms with van der Waals surface area (Å²) in [5.74, 6) is -0.623. The molecule has 0 aliphatic heterocycles. The second-order valence-corrected chi connectivity index (χ2v) is 5.33. The maximum Gasteiger partial charge on any atom is 0.358 e. The molecule has 0 amide bonds. The van der Waals surface area contributed by atoms with E-state index < -0.39 is 5.97 Å². The highest BCUT2D eigenvalue weighted by Gasteiger charge is 2.24. The molecule has 0 spiro atoms. The fourth-order valence-corrected chi connectivity index (χ4v) is 2.73. The number of nitrogens with zero attached hydrogens (tertiary/aromatic N) is 2. The van der Waals surface area contributed by atoms with Crippen LogP contribution in [0.15, 0.2) is 36.5 Å². The van der Waals surface area contributed by atoms with Gasteiger partial charge in [-0.2, -0.15) is 5.10 Å². The summed E-state index contributed by atoms with van der Waals surface area (Å²) in [5.41, 5.74) is 1.14. The molecule has 1 aliphatic carbocycles. The first-order valence-electron chi connectivity index (χ1n) is 7.23. The number of rotatable bonds is 5. The third-order valence-corrected chi connectivity index (χ3v) is 3.78. The lowest BCUT2D eigenvalue weighted by Gasteiger charge is -2.12. The molecule has 0 radical (unpaired) electrons. The van der Waals surface area contributed by atoms with E-state index >= 15 is 0 Å². The molecule has 0 unspecified atom stereocenters. The summed E-state index contributed by atoms with van der Waals surface area (Å²) >= 11 is 0. The molecule has 5 nitrogen and oxygen atoms in total. The zero-order chi connectivity index (χ0) is 14.7. The van der Waals surface area contributed by atoms with Gasteiger partial charge in [-0.05, 0) is 31.2 Å². The van der Waals surface area contributed by atoms with Gasteiger partial charge in [-0.15, -0.1) is 0 Å². The number of carboxylic acids is 1. The molecule has 0 atom stereocenters. The molecule has 1 aliphatic rings. The van der Waals surface area contributed by atoms with Gasteiger partial charge < -0.3 is 9.84 Å². The Hall–Kier alpha value is -2.30. The Morgan fingerprint density at radius 2 is 2.00 bits per heavy atom. The lowest BCUT2D eigenvalue weighted by Crippen LogP contribution is -2.15. The molecule has 1 saturated carbocycles. The Labute approximate surface area is 123 Å². The summed E-state index contributed by atoms with van der Waals surface area (Å²) in [5, 5.41) is 13.6. The molecule has 1 aromatic carbocycles. The van der Waals surface area contributed by atoms with Crippen molar-refractivity contribution >= 4 is 5.97 Å². The standard InChI is InChI=1S/C16H18N2O3/c19-16(20)15-14(21-13-8-4-5-9-13)10-17-18(15)11-12-6-2-1-3-7-12/h1-3,6-7,10,13H,4-5,8-9,11H2,(H,19,20). The summed E-state index contributed by atoms with van der Waals surface area (Å²) in [6, 6.07) is 9.68. The number of carboxylic acid groups (broad SMARTS) is 1. The van der Waals surface area contributed by atoms with Crippen molar-refractivity contribution in [1.82, 2.24) is 9.78 Å². The van der Waals surface area contributed by atoms with Crippen LogP contribution in [0.25, 0.3) is 0 Å². The van der Waals surface area contributed by atoms with Crippen LogP contribution in [0.3, 0.4) is 0 Å². The van der Waals surface area contributed by atoms with Crippen LogP contribution in [-0.4, -0.2) is 27.0 Å². The van der Waals surface area contributed by atoms with Crippen molar-refractivity contribution in [2.45, 2.75) is 38.3 Å². The van der Waals surface area contributed by atoms with Gasteiger partial charge in [-0.1, -0.05) is 30.3 Å². The maximum absolute atomic E-state index is 11.5. The third-order valence-electron chi connectivity index (χ3n) is 3.78. The van der Waals surface area contributed by atoms with Crippen molar-refractivity contribution in [2.24, 2.45) is 0 Å². The quantitative estimate of drug-likeness (QED) is 0.917. The van der Waals surface area contributed by atoms with Crippen LogP contribution >= 0.6 is 0 Å². The van der Waals surface area contributed by atoms with Gasteiger partial charge in [0.25, 0.3) is 0 Å². The molecule has 3 rings (SSSR count). The highest BCUT2D eigenvalue weighted by atomic mass is 16.5. The third kappa shape index (κ3) is 3.07. The monoisotopic (exact) mass is 286 g/mol. The second-order valence-electron chi connectivity index (χ2n) is 5.33. The van der Waals surface area contributed by atoms with Gasteiger partial charge >= 0.3 is 5.97 Å². The van der Waals surface area contributed by atoms with Crippen LogP contribution in [0.2, 0.25) is 0 Å². The predicted octanol–water partition coefficient (Wildman–Crippen LogP) is 2.95. The molecule has 110 valence electrons. The van der Waals surface area contributed by atoms with E-state index in [0.29, 0.717) is 12.3 Å². The molecule has 1 fully saturated rings. The lowest BCUT2D eigenvalue weighted by molar-refractivity contribution is 0.0676. The number of hydrogen-bond acceptors (Lipinski definition) is 3. The number of carbonyl (C=O) groups is 1. The molecule has 21 heavy (non-hydrogen) atoms. The van der Waals surface area contributed by atoms with Crippen molar-refractivity contribution in [3.8, 4) is 5.75 Å². The zero-order valence-electron chi connectivity index (χ0n) is 11.7. The van der Waals surface area contributed by atoms with Crippen LogP contribution in [0.4, 0.5) is 0 Å². The van der Waals surface area contributed by atoms with Crippen molar-refractivity contribution in [3.63, 3.8) is 0 Å². The minimum absolute atomic E-state index is 0.123. The van der Waals surface area contributed by atoms with E-state index in [0.717, 1.165) is 31.2 Å². The Kier molecular flexibility index (Phi) is 3.90. The fourth-order valence-electron chi connectivity index (χ4n) is 2.73. The number of hydrogen-bond donors (Lipinski definition) is 1. The van der Waals surface area contributed by atoms with Gasteiger partial charge in [-0.3, -0.25) is 4.68 Å². The SMILES string of the molecule is O=C(O)c1c(OC2CCCC2)cnn1Cc1ccccc1. The number of aromatic nitrogens is 2. The van der Waals surface area contributed by atoms with Crippen LogP contribution in [-0.2, 0) is 6.54 Å². The van der Waals surface area contributed by atoms with Gasteiger partial charge in [0, 0.05) is 0 Å².